The van der Waals surface area contributed by atoms with Gasteiger partial charge in [0.25, 0.3) is 0 Å². The molecule has 4 aliphatic rings. The molecule has 0 aromatic rings. The van der Waals surface area contributed by atoms with E-state index in [9.17, 15) is 23.8 Å². The van der Waals surface area contributed by atoms with E-state index in [0.29, 0.717) is 18.4 Å². The second-order valence-electron chi connectivity index (χ2n) is 18.3. The SMILES string of the molecule is COP(=O)(O)OC[C@@H](CCCCCCCOC(=O)CCC(=O)OC1CCC2(C)C(=CCC3C2CCC2(C)C(C(C)CCCC(C)C)CCC32)C1)NC(C)=O. The summed E-state index contributed by atoms with van der Waals surface area (Å²) in [5.41, 5.74) is 2.20. The lowest BCUT2D eigenvalue weighted by molar-refractivity contribution is -0.155. The largest absolute Gasteiger partial charge is 0.471 e. The Morgan fingerprint density at radius 3 is 2.35 bits per heavy atom. The Labute approximate surface area is 326 Å². The molecule has 0 aromatic heterocycles. The van der Waals surface area contributed by atoms with Gasteiger partial charge in [0.1, 0.15) is 6.10 Å². The van der Waals surface area contributed by atoms with Crippen molar-refractivity contribution in [2.45, 2.75) is 176 Å². The third-order valence-corrected chi connectivity index (χ3v) is 15.1. The van der Waals surface area contributed by atoms with E-state index in [0.717, 1.165) is 94.0 Å². The van der Waals surface area contributed by atoms with E-state index in [1.807, 2.05) is 0 Å². The smallest absolute Gasteiger partial charge is 0.466 e. The van der Waals surface area contributed by atoms with Crippen LogP contribution in [-0.2, 0) is 37.5 Å². The first-order valence-electron chi connectivity index (χ1n) is 21.4. The number of allylic oxidation sites excluding steroid dienone is 1. The van der Waals surface area contributed by atoms with Crippen LogP contribution >= 0.6 is 7.82 Å². The van der Waals surface area contributed by atoms with Crippen LogP contribution in [-0.4, -0.2) is 55.2 Å². The topological polar surface area (TPSA) is 137 Å². The summed E-state index contributed by atoms with van der Waals surface area (Å²) in [6.45, 7) is 14.0. The molecular weight excluding hydrogens is 705 g/mol. The molecule has 0 saturated heterocycles. The van der Waals surface area contributed by atoms with Gasteiger partial charge in [-0.2, -0.15) is 0 Å². The molecule has 54 heavy (non-hydrogen) atoms. The van der Waals surface area contributed by atoms with Gasteiger partial charge in [0.05, 0.1) is 32.1 Å². The molecule has 0 aromatic carbocycles. The molecule has 10 atom stereocenters. The van der Waals surface area contributed by atoms with Crippen molar-refractivity contribution in [3.8, 4) is 0 Å². The van der Waals surface area contributed by atoms with Gasteiger partial charge >= 0.3 is 19.8 Å². The fraction of sp³-hybridized carbons (Fsp3) is 0.884. The minimum absolute atomic E-state index is 0.0314. The molecule has 4 aliphatic carbocycles. The molecular formula is C43H74NO9P. The van der Waals surface area contributed by atoms with Gasteiger partial charge in [0.2, 0.25) is 5.91 Å². The molecule has 9 unspecified atom stereocenters. The zero-order valence-corrected chi connectivity index (χ0v) is 35.6. The molecule has 0 radical (unpaired) electrons. The molecule has 1 amide bonds. The first-order chi connectivity index (χ1) is 25.6. The van der Waals surface area contributed by atoms with Crippen molar-refractivity contribution in [1.82, 2.24) is 5.32 Å². The number of phosphoric ester groups is 1. The summed E-state index contributed by atoms with van der Waals surface area (Å²) < 4.78 is 32.2. The standard InChI is InChI=1S/C43H74NO9P/c1-30(2)14-13-15-31(3)37-19-20-38-36-18-17-33-28-35(23-25-42(33,5)39(36)24-26-43(37,38)6)53-41(47)22-21-40(46)51-27-12-10-8-9-11-16-34(44-32(4)45)29-52-54(48,49)50-7/h17,30-31,34-39H,8-16,18-29H2,1-7H3,(H,44,45)(H,48,49)/t31?,34-,35?,36?,37?,38?,39?,42?,43?/m1/s1. The fourth-order valence-electron chi connectivity index (χ4n) is 11.2. The van der Waals surface area contributed by atoms with Gasteiger partial charge in [-0.1, -0.05) is 91.2 Å². The monoisotopic (exact) mass is 780 g/mol. The molecule has 3 saturated carbocycles. The number of amides is 1. The molecule has 0 heterocycles. The van der Waals surface area contributed by atoms with Crippen molar-refractivity contribution >= 4 is 25.7 Å². The quantitative estimate of drug-likeness (QED) is 0.0476. The number of rotatable bonds is 22. The maximum Gasteiger partial charge on any atom is 0.471 e. The Bertz CT molecular complexity index is 1320. The maximum atomic E-state index is 12.8. The minimum atomic E-state index is -4.10. The van der Waals surface area contributed by atoms with Crippen molar-refractivity contribution in [2.24, 2.45) is 46.3 Å². The molecule has 3 fully saturated rings. The number of hydrogen-bond donors (Lipinski definition) is 2. The van der Waals surface area contributed by atoms with Crippen LogP contribution in [0, 0.1) is 46.3 Å². The van der Waals surface area contributed by atoms with Crippen molar-refractivity contribution in [2.75, 3.05) is 20.3 Å². The van der Waals surface area contributed by atoms with Crippen LogP contribution in [0.2, 0.25) is 0 Å². The highest BCUT2D eigenvalue weighted by Gasteiger charge is 2.59. The maximum absolute atomic E-state index is 12.8. The number of esters is 2. The van der Waals surface area contributed by atoms with Crippen LogP contribution in [0.4, 0.5) is 0 Å². The first-order valence-corrected chi connectivity index (χ1v) is 22.9. The van der Waals surface area contributed by atoms with Crippen LogP contribution < -0.4 is 5.32 Å². The Morgan fingerprint density at radius 1 is 0.907 bits per heavy atom. The van der Waals surface area contributed by atoms with Gasteiger partial charge in [0.15, 0.2) is 0 Å². The number of phosphoric acid groups is 1. The van der Waals surface area contributed by atoms with Gasteiger partial charge in [-0.15, -0.1) is 0 Å². The van der Waals surface area contributed by atoms with Gasteiger partial charge < -0.3 is 19.7 Å². The number of hydrogen-bond acceptors (Lipinski definition) is 8. The summed E-state index contributed by atoms with van der Waals surface area (Å²) in [4.78, 5) is 46.1. The molecule has 310 valence electrons. The highest BCUT2D eigenvalue weighted by Crippen LogP contribution is 2.67. The average Bonchev–Trinajstić information content (AvgIpc) is 3.47. The summed E-state index contributed by atoms with van der Waals surface area (Å²) in [5, 5.41) is 2.74. The summed E-state index contributed by atoms with van der Waals surface area (Å²) in [6, 6.07) is -0.382. The van der Waals surface area contributed by atoms with Crippen molar-refractivity contribution in [1.29, 1.82) is 0 Å². The van der Waals surface area contributed by atoms with Crippen molar-refractivity contribution < 1.29 is 42.4 Å². The van der Waals surface area contributed by atoms with Gasteiger partial charge in [-0.25, -0.2) is 4.57 Å². The second-order valence-corrected chi connectivity index (χ2v) is 19.8. The van der Waals surface area contributed by atoms with E-state index in [-0.39, 0.29) is 54.9 Å². The van der Waals surface area contributed by atoms with E-state index in [4.69, 9.17) is 14.0 Å². The molecule has 0 aliphatic heterocycles. The lowest BCUT2D eigenvalue weighted by atomic mass is 9.47. The van der Waals surface area contributed by atoms with E-state index in [1.165, 1.54) is 63.9 Å². The van der Waals surface area contributed by atoms with E-state index in [2.05, 4.69) is 50.5 Å². The molecule has 0 bridgehead atoms. The predicted octanol–water partition coefficient (Wildman–Crippen LogP) is 9.87. The molecule has 2 N–H and O–H groups in total. The number of carbonyl (C=O) groups excluding carboxylic acids is 3. The number of unbranched alkanes of at least 4 members (excludes halogenated alkanes) is 4. The highest BCUT2D eigenvalue weighted by atomic mass is 31.2. The van der Waals surface area contributed by atoms with Crippen LogP contribution in [0.1, 0.15) is 164 Å². The zero-order valence-electron chi connectivity index (χ0n) is 34.7. The summed E-state index contributed by atoms with van der Waals surface area (Å²) in [5.74, 6) is 3.91. The third-order valence-electron chi connectivity index (χ3n) is 14.1. The normalized spacial score (nSPS) is 31.3. The number of carbonyl (C=O) groups is 3. The Hall–Kier alpha value is -1.74. The van der Waals surface area contributed by atoms with Gasteiger partial charge in [0, 0.05) is 20.5 Å². The summed E-state index contributed by atoms with van der Waals surface area (Å²) in [6.07, 6.45) is 20.9. The Balaban J connectivity index is 1.11. The van der Waals surface area contributed by atoms with Gasteiger partial charge in [-0.05, 0) is 104 Å². The molecule has 10 nitrogen and oxygen atoms in total. The summed E-state index contributed by atoms with van der Waals surface area (Å²) >= 11 is 0. The third kappa shape index (κ3) is 12.4. The highest BCUT2D eigenvalue weighted by molar-refractivity contribution is 7.47. The minimum Gasteiger partial charge on any atom is -0.466 e. The molecule has 4 rings (SSSR count). The van der Waals surface area contributed by atoms with Crippen molar-refractivity contribution in [3.63, 3.8) is 0 Å². The number of ether oxygens (including phenoxy) is 2. The average molecular weight is 780 g/mol. The second kappa shape index (κ2) is 20.6. The lowest BCUT2D eigenvalue weighted by Gasteiger charge is -2.58. The van der Waals surface area contributed by atoms with Gasteiger partial charge in [-0.3, -0.25) is 23.4 Å². The first kappa shape index (κ1) is 45.0. The van der Waals surface area contributed by atoms with Crippen LogP contribution in [0.15, 0.2) is 11.6 Å². The summed E-state index contributed by atoms with van der Waals surface area (Å²) in [7, 11) is -3.01. The predicted molar refractivity (Wildman–Crippen MR) is 211 cm³/mol. The number of nitrogens with one attached hydrogen (secondary N) is 1. The van der Waals surface area contributed by atoms with Crippen LogP contribution in [0.3, 0.4) is 0 Å². The van der Waals surface area contributed by atoms with Crippen LogP contribution in [0.25, 0.3) is 0 Å². The zero-order chi connectivity index (χ0) is 39.5. The number of fused-ring (bicyclic) bond motifs is 5. The Kier molecular flexibility index (Phi) is 17.2. The van der Waals surface area contributed by atoms with Crippen LogP contribution in [0.5, 0.6) is 0 Å². The van der Waals surface area contributed by atoms with E-state index >= 15 is 0 Å². The van der Waals surface area contributed by atoms with E-state index in [1.54, 1.807) is 0 Å². The molecule has 11 heteroatoms. The fourth-order valence-corrected chi connectivity index (χ4v) is 11.7. The lowest BCUT2D eigenvalue weighted by Crippen LogP contribution is -2.51. The Morgan fingerprint density at radius 2 is 1.63 bits per heavy atom. The molecule has 0 spiro atoms. The van der Waals surface area contributed by atoms with Crippen molar-refractivity contribution in [3.05, 3.63) is 11.6 Å². The van der Waals surface area contributed by atoms with E-state index < -0.39 is 7.82 Å².